The van der Waals surface area contributed by atoms with E-state index in [9.17, 15) is 5.02 Å². The zero-order valence-electron chi connectivity index (χ0n) is 10.6. The summed E-state index contributed by atoms with van der Waals surface area (Å²) in [5.74, 6) is 1.35. The van der Waals surface area contributed by atoms with Gasteiger partial charge in [0.25, 0.3) is 0 Å². The smallest absolute Gasteiger partial charge is 0.495 e. The Morgan fingerprint density at radius 3 is 2.88 bits per heavy atom. The van der Waals surface area contributed by atoms with E-state index in [1.165, 1.54) is 0 Å². The largest absolute Gasteiger partial charge is 0.497 e. The number of hydrogen-bond donors (Lipinski definition) is 1. The second-order valence-corrected chi connectivity index (χ2v) is 4.91. The minimum absolute atomic E-state index is 0.00231. The van der Waals surface area contributed by atoms with E-state index in [0.717, 1.165) is 23.9 Å². The van der Waals surface area contributed by atoms with Gasteiger partial charge in [0.15, 0.2) is 0 Å². The van der Waals surface area contributed by atoms with Crippen LogP contribution in [0.2, 0.25) is 0 Å². The van der Waals surface area contributed by atoms with E-state index < -0.39 is 7.12 Å². The minimum atomic E-state index is -0.849. The van der Waals surface area contributed by atoms with Gasteiger partial charge in [-0.1, -0.05) is 26.0 Å². The number of benzene rings is 1. The molecule has 17 heavy (non-hydrogen) atoms. The highest BCUT2D eigenvalue weighted by Crippen LogP contribution is 2.31. The summed E-state index contributed by atoms with van der Waals surface area (Å²) in [4.78, 5) is 0. The van der Waals surface area contributed by atoms with Crippen LogP contribution in [0, 0.1) is 5.92 Å². The first kappa shape index (κ1) is 12.5. The number of hydrogen-bond acceptors (Lipinski definition) is 3. The van der Waals surface area contributed by atoms with Gasteiger partial charge in [-0.15, -0.1) is 0 Å². The average Bonchev–Trinajstić information content (AvgIpc) is 2.64. The summed E-state index contributed by atoms with van der Waals surface area (Å²) in [5, 5.41) is 9.93. The molecule has 1 aliphatic rings. The second kappa shape index (κ2) is 5.11. The van der Waals surface area contributed by atoms with E-state index in [2.05, 4.69) is 13.8 Å². The first-order chi connectivity index (χ1) is 8.13. The molecule has 1 aromatic carbocycles. The summed E-state index contributed by atoms with van der Waals surface area (Å²) in [5.41, 5.74) is 1.86. The summed E-state index contributed by atoms with van der Waals surface area (Å²) in [6, 6.07) is 5.82. The summed E-state index contributed by atoms with van der Waals surface area (Å²) < 4.78 is 10.9. The molecular formula is C13H19BO3. The van der Waals surface area contributed by atoms with Crippen LogP contribution < -0.4 is 10.2 Å². The monoisotopic (exact) mass is 234 g/mol. The third kappa shape index (κ3) is 2.48. The van der Waals surface area contributed by atoms with Crippen LogP contribution >= 0.6 is 0 Å². The fourth-order valence-electron chi connectivity index (χ4n) is 2.29. The summed E-state index contributed by atoms with van der Waals surface area (Å²) >= 11 is 0. The average molecular weight is 234 g/mol. The van der Waals surface area contributed by atoms with Crippen molar-refractivity contribution in [1.29, 1.82) is 0 Å². The van der Waals surface area contributed by atoms with Crippen LogP contribution in [0.3, 0.4) is 0 Å². The molecule has 1 N–H and O–H groups in total. The van der Waals surface area contributed by atoms with Crippen molar-refractivity contribution in [2.24, 2.45) is 5.92 Å². The van der Waals surface area contributed by atoms with Gasteiger partial charge in [0.1, 0.15) is 5.75 Å². The second-order valence-electron chi connectivity index (χ2n) is 4.91. The quantitative estimate of drug-likeness (QED) is 0.808. The lowest BCUT2D eigenvalue weighted by Crippen LogP contribution is -2.29. The van der Waals surface area contributed by atoms with Crippen molar-refractivity contribution in [3.05, 3.63) is 23.8 Å². The molecule has 2 rings (SSSR count). The predicted molar refractivity (Wildman–Crippen MR) is 68.5 cm³/mol. The molecule has 0 amide bonds. The maximum atomic E-state index is 9.93. The SMILES string of the molecule is COc1cccc2c1B(O)OC2CCC(C)C. The lowest BCUT2D eigenvalue weighted by molar-refractivity contribution is 0.173. The van der Waals surface area contributed by atoms with Crippen molar-refractivity contribution < 1.29 is 14.4 Å². The van der Waals surface area contributed by atoms with Gasteiger partial charge in [-0.05, 0) is 30.4 Å². The molecule has 0 spiro atoms. The van der Waals surface area contributed by atoms with Crippen LogP contribution in [0.15, 0.2) is 18.2 Å². The molecule has 3 nitrogen and oxygen atoms in total. The summed E-state index contributed by atoms with van der Waals surface area (Å²) in [6.07, 6.45) is 2.03. The topological polar surface area (TPSA) is 38.7 Å². The standard InChI is InChI=1S/C13H19BO3/c1-9(2)7-8-11-10-5-4-6-12(16-3)13(10)14(15)17-11/h4-6,9,11,15H,7-8H2,1-3H3. The summed E-state index contributed by atoms with van der Waals surface area (Å²) in [7, 11) is 0.766. The Morgan fingerprint density at radius 1 is 1.47 bits per heavy atom. The Bertz CT molecular complexity index is 392. The summed E-state index contributed by atoms with van der Waals surface area (Å²) in [6.45, 7) is 4.38. The highest BCUT2D eigenvalue weighted by Gasteiger charge is 2.37. The van der Waals surface area contributed by atoms with Crippen LogP contribution in [0.5, 0.6) is 5.75 Å². The first-order valence-corrected chi connectivity index (χ1v) is 6.13. The van der Waals surface area contributed by atoms with E-state index in [1.807, 2.05) is 18.2 Å². The first-order valence-electron chi connectivity index (χ1n) is 6.13. The molecule has 0 aromatic heterocycles. The number of ether oxygens (including phenoxy) is 1. The molecule has 1 atom stereocenters. The molecule has 1 heterocycles. The zero-order chi connectivity index (χ0) is 12.4. The Balaban J connectivity index is 2.22. The minimum Gasteiger partial charge on any atom is -0.497 e. The molecule has 0 saturated heterocycles. The van der Waals surface area contributed by atoms with Crippen LogP contribution in [-0.4, -0.2) is 19.3 Å². The van der Waals surface area contributed by atoms with E-state index in [0.29, 0.717) is 11.7 Å². The van der Waals surface area contributed by atoms with E-state index in [4.69, 9.17) is 9.39 Å². The Kier molecular flexibility index (Phi) is 3.74. The van der Waals surface area contributed by atoms with E-state index in [1.54, 1.807) is 7.11 Å². The molecule has 92 valence electrons. The molecule has 0 fully saturated rings. The Hall–Kier alpha value is -0.995. The van der Waals surface area contributed by atoms with Gasteiger partial charge in [-0.2, -0.15) is 0 Å². The maximum Gasteiger partial charge on any atom is 0.495 e. The Labute approximate surface area is 103 Å². The van der Waals surface area contributed by atoms with Gasteiger partial charge in [0, 0.05) is 5.46 Å². The van der Waals surface area contributed by atoms with Crippen molar-refractivity contribution in [2.75, 3.05) is 7.11 Å². The van der Waals surface area contributed by atoms with Gasteiger partial charge in [-0.25, -0.2) is 0 Å². The molecule has 0 radical (unpaired) electrons. The van der Waals surface area contributed by atoms with Crippen LogP contribution in [0.1, 0.15) is 38.4 Å². The fraction of sp³-hybridized carbons (Fsp3) is 0.538. The van der Waals surface area contributed by atoms with Crippen LogP contribution in [-0.2, 0) is 4.65 Å². The van der Waals surface area contributed by atoms with Crippen molar-refractivity contribution in [3.8, 4) is 5.75 Å². The number of methoxy groups -OCH3 is 1. The molecule has 0 bridgehead atoms. The predicted octanol–water partition coefficient (Wildman–Crippen LogP) is 1.89. The highest BCUT2D eigenvalue weighted by molar-refractivity contribution is 6.62. The molecule has 1 unspecified atom stereocenters. The lowest BCUT2D eigenvalue weighted by Gasteiger charge is -2.13. The van der Waals surface area contributed by atoms with Crippen LogP contribution in [0.4, 0.5) is 0 Å². The van der Waals surface area contributed by atoms with Crippen LogP contribution in [0.25, 0.3) is 0 Å². The van der Waals surface area contributed by atoms with E-state index in [-0.39, 0.29) is 6.10 Å². The molecule has 1 aromatic rings. The van der Waals surface area contributed by atoms with E-state index >= 15 is 0 Å². The fourth-order valence-corrected chi connectivity index (χ4v) is 2.29. The molecule has 4 heteroatoms. The van der Waals surface area contributed by atoms with Gasteiger partial charge in [-0.3, -0.25) is 0 Å². The highest BCUT2D eigenvalue weighted by atomic mass is 16.5. The third-order valence-electron chi connectivity index (χ3n) is 3.21. The molecule has 0 aliphatic carbocycles. The van der Waals surface area contributed by atoms with Gasteiger partial charge in [0.2, 0.25) is 0 Å². The number of fused-ring (bicyclic) bond motifs is 1. The lowest BCUT2D eigenvalue weighted by atomic mass is 9.78. The maximum absolute atomic E-state index is 9.93. The number of rotatable bonds is 4. The van der Waals surface area contributed by atoms with Gasteiger partial charge < -0.3 is 14.4 Å². The van der Waals surface area contributed by atoms with Crippen molar-refractivity contribution in [2.45, 2.75) is 32.8 Å². The third-order valence-corrected chi connectivity index (χ3v) is 3.21. The van der Waals surface area contributed by atoms with Crippen molar-refractivity contribution in [3.63, 3.8) is 0 Å². The van der Waals surface area contributed by atoms with Crippen molar-refractivity contribution >= 4 is 12.6 Å². The zero-order valence-corrected chi connectivity index (χ0v) is 10.6. The molecule has 1 aliphatic heterocycles. The van der Waals surface area contributed by atoms with Gasteiger partial charge >= 0.3 is 7.12 Å². The van der Waals surface area contributed by atoms with Crippen molar-refractivity contribution in [1.82, 2.24) is 0 Å². The Morgan fingerprint density at radius 2 is 2.24 bits per heavy atom. The van der Waals surface area contributed by atoms with Gasteiger partial charge in [0.05, 0.1) is 13.2 Å². The molecular weight excluding hydrogens is 215 g/mol. The molecule has 0 saturated carbocycles. The normalized spacial score (nSPS) is 18.6.